The maximum Gasteiger partial charge on any atom is 0.124 e. The molecule has 0 spiro atoms. The number of rotatable bonds is 2. The first-order chi connectivity index (χ1) is 6.25. The minimum Gasteiger partial charge on any atom is -0.493 e. The summed E-state index contributed by atoms with van der Waals surface area (Å²) in [6.45, 7) is 14.4. The molecule has 1 nitrogen and oxygen atoms in total. The Morgan fingerprint density at radius 1 is 1.46 bits per heavy atom. The lowest BCUT2D eigenvalue weighted by Crippen LogP contribution is -2.06. The van der Waals surface area contributed by atoms with Crippen LogP contribution < -0.4 is 0 Å². The minimum absolute atomic E-state index is 0.819. The lowest BCUT2D eigenvalue weighted by atomic mass is 10.0. The second-order valence-corrected chi connectivity index (χ2v) is 2.79. The third-order valence-corrected chi connectivity index (χ3v) is 1.76. The van der Waals surface area contributed by atoms with Gasteiger partial charge in [-0.15, -0.1) is 0 Å². The van der Waals surface area contributed by atoms with Crippen molar-refractivity contribution in [1.82, 2.24) is 0 Å². The van der Waals surface area contributed by atoms with Gasteiger partial charge >= 0.3 is 0 Å². The molecule has 0 aromatic heterocycles. The Kier molecular flexibility index (Phi) is 6.03. The van der Waals surface area contributed by atoms with E-state index in [2.05, 4.69) is 13.2 Å². The average Bonchev–Trinajstić information content (AvgIpc) is 2.20. The first-order valence-corrected chi connectivity index (χ1v) is 4.90. The van der Waals surface area contributed by atoms with Gasteiger partial charge in [0.2, 0.25) is 0 Å². The highest BCUT2D eigenvalue weighted by Gasteiger charge is 2.11. The fraction of sp³-hybridized carbons (Fsp3) is 0.500. The van der Waals surface area contributed by atoms with E-state index in [-0.39, 0.29) is 0 Å². The molecule has 0 aromatic rings. The SMILES string of the molecule is C=CC1=C(C(=C)C)OCCC1.CC. The van der Waals surface area contributed by atoms with Crippen LogP contribution in [0.5, 0.6) is 0 Å². The van der Waals surface area contributed by atoms with Gasteiger partial charge in [0.05, 0.1) is 6.61 Å². The summed E-state index contributed by atoms with van der Waals surface area (Å²) in [4.78, 5) is 0. The van der Waals surface area contributed by atoms with Crippen molar-refractivity contribution in [2.45, 2.75) is 33.6 Å². The molecule has 1 heteroatoms. The molecule has 0 fully saturated rings. The maximum absolute atomic E-state index is 5.45. The van der Waals surface area contributed by atoms with Crippen molar-refractivity contribution >= 4 is 0 Å². The van der Waals surface area contributed by atoms with Gasteiger partial charge in [-0.1, -0.05) is 33.1 Å². The smallest absolute Gasteiger partial charge is 0.124 e. The molecule has 74 valence electrons. The van der Waals surface area contributed by atoms with Gasteiger partial charge in [-0.05, 0) is 30.9 Å². The predicted molar refractivity (Wildman–Crippen MR) is 58.6 cm³/mol. The van der Waals surface area contributed by atoms with Gasteiger partial charge < -0.3 is 4.74 Å². The van der Waals surface area contributed by atoms with E-state index in [1.54, 1.807) is 0 Å². The largest absolute Gasteiger partial charge is 0.493 e. The third kappa shape index (κ3) is 3.49. The Morgan fingerprint density at radius 3 is 2.46 bits per heavy atom. The fourth-order valence-corrected chi connectivity index (χ4v) is 1.24. The molecular weight excluding hydrogens is 160 g/mol. The van der Waals surface area contributed by atoms with Crippen molar-refractivity contribution in [3.8, 4) is 0 Å². The number of hydrogen-bond acceptors (Lipinski definition) is 1. The quantitative estimate of drug-likeness (QED) is 0.627. The highest BCUT2D eigenvalue weighted by atomic mass is 16.5. The molecule has 0 aromatic carbocycles. The minimum atomic E-state index is 0.819. The van der Waals surface area contributed by atoms with Crippen molar-refractivity contribution in [2.75, 3.05) is 6.61 Å². The molecule has 0 saturated heterocycles. The Labute approximate surface area is 81.8 Å². The van der Waals surface area contributed by atoms with Crippen molar-refractivity contribution in [3.63, 3.8) is 0 Å². The van der Waals surface area contributed by atoms with Gasteiger partial charge in [-0.25, -0.2) is 0 Å². The van der Waals surface area contributed by atoms with Crippen LogP contribution in [0.25, 0.3) is 0 Å². The van der Waals surface area contributed by atoms with Crippen molar-refractivity contribution < 1.29 is 4.74 Å². The average molecular weight is 180 g/mol. The van der Waals surface area contributed by atoms with E-state index in [1.807, 2.05) is 26.8 Å². The summed E-state index contributed by atoms with van der Waals surface area (Å²) >= 11 is 0. The second-order valence-electron chi connectivity index (χ2n) is 2.79. The first-order valence-electron chi connectivity index (χ1n) is 4.90. The molecule has 0 bridgehead atoms. The van der Waals surface area contributed by atoms with Crippen LogP contribution in [0, 0.1) is 0 Å². The summed E-state index contributed by atoms with van der Waals surface area (Å²) in [7, 11) is 0. The van der Waals surface area contributed by atoms with Gasteiger partial charge in [0.15, 0.2) is 0 Å². The summed E-state index contributed by atoms with van der Waals surface area (Å²) in [5.74, 6) is 0.950. The molecule has 0 unspecified atom stereocenters. The van der Waals surface area contributed by atoms with Crippen molar-refractivity contribution in [3.05, 3.63) is 36.1 Å². The van der Waals surface area contributed by atoms with Crippen LogP contribution in [0.3, 0.4) is 0 Å². The van der Waals surface area contributed by atoms with Crippen LogP contribution >= 0.6 is 0 Å². The number of allylic oxidation sites excluding steroid dienone is 3. The topological polar surface area (TPSA) is 9.23 Å². The zero-order valence-corrected chi connectivity index (χ0v) is 9.02. The zero-order chi connectivity index (χ0) is 10.3. The van der Waals surface area contributed by atoms with Crippen LogP contribution in [-0.4, -0.2) is 6.61 Å². The summed E-state index contributed by atoms with van der Waals surface area (Å²) in [5.41, 5.74) is 2.20. The maximum atomic E-state index is 5.45. The normalized spacial score (nSPS) is 15.3. The summed E-state index contributed by atoms with van der Waals surface area (Å²) in [6, 6.07) is 0. The molecule has 0 amide bonds. The lowest BCUT2D eigenvalue weighted by Gasteiger charge is -2.19. The Hall–Kier alpha value is -0.980. The molecule has 1 aliphatic rings. The molecule has 1 rings (SSSR count). The van der Waals surface area contributed by atoms with E-state index in [9.17, 15) is 0 Å². The van der Waals surface area contributed by atoms with E-state index in [1.165, 1.54) is 5.57 Å². The highest BCUT2D eigenvalue weighted by molar-refractivity contribution is 5.33. The summed E-state index contributed by atoms with van der Waals surface area (Å²) in [6.07, 6.45) is 4.03. The van der Waals surface area contributed by atoms with E-state index >= 15 is 0 Å². The van der Waals surface area contributed by atoms with Crippen LogP contribution in [0.15, 0.2) is 36.1 Å². The summed E-state index contributed by atoms with van der Waals surface area (Å²) in [5, 5.41) is 0. The zero-order valence-electron chi connectivity index (χ0n) is 9.02. The number of ether oxygens (including phenoxy) is 1. The van der Waals surface area contributed by atoms with Crippen LogP contribution in [0.2, 0.25) is 0 Å². The van der Waals surface area contributed by atoms with Crippen molar-refractivity contribution in [1.29, 1.82) is 0 Å². The Morgan fingerprint density at radius 2 is 2.08 bits per heavy atom. The molecule has 0 radical (unpaired) electrons. The van der Waals surface area contributed by atoms with E-state index in [0.29, 0.717) is 0 Å². The lowest BCUT2D eigenvalue weighted by molar-refractivity contribution is 0.197. The highest BCUT2D eigenvalue weighted by Crippen LogP contribution is 2.24. The van der Waals surface area contributed by atoms with Crippen LogP contribution in [0.4, 0.5) is 0 Å². The molecule has 0 N–H and O–H groups in total. The van der Waals surface area contributed by atoms with Gasteiger partial charge in [0.1, 0.15) is 5.76 Å². The molecular formula is C12H20O. The first kappa shape index (κ1) is 12.0. The van der Waals surface area contributed by atoms with Crippen LogP contribution in [-0.2, 0) is 4.74 Å². The Balaban J connectivity index is 0.000000671. The van der Waals surface area contributed by atoms with Gasteiger partial charge in [0, 0.05) is 0 Å². The summed E-state index contributed by atoms with van der Waals surface area (Å²) < 4.78 is 5.45. The molecule has 1 aliphatic heterocycles. The van der Waals surface area contributed by atoms with E-state index < -0.39 is 0 Å². The number of hydrogen-bond donors (Lipinski definition) is 0. The third-order valence-electron chi connectivity index (χ3n) is 1.76. The van der Waals surface area contributed by atoms with E-state index in [4.69, 9.17) is 4.74 Å². The molecule has 1 heterocycles. The van der Waals surface area contributed by atoms with Gasteiger partial charge in [0.25, 0.3) is 0 Å². The van der Waals surface area contributed by atoms with Gasteiger partial charge in [-0.2, -0.15) is 0 Å². The second kappa shape index (κ2) is 6.53. The van der Waals surface area contributed by atoms with E-state index in [0.717, 1.165) is 30.8 Å². The molecule has 0 saturated carbocycles. The van der Waals surface area contributed by atoms with Gasteiger partial charge in [-0.3, -0.25) is 0 Å². The monoisotopic (exact) mass is 180 g/mol. The molecule has 13 heavy (non-hydrogen) atoms. The standard InChI is InChI=1S/C10H14O.C2H6/c1-4-9-6-5-7-11-10(9)8(2)3;1-2/h4H,1-2,5-7H2,3H3;1-2H3. The molecule has 0 atom stereocenters. The molecule has 0 aliphatic carbocycles. The van der Waals surface area contributed by atoms with Crippen molar-refractivity contribution in [2.24, 2.45) is 0 Å². The van der Waals surface area contributed by atoms with Crippen LogP contribution in [0.1, 0.15) is 33.6 Å². The fourth-order valence-electron chi connectivity index (χ4n) is 1.24. The predicted octanol–water partition coefficient (Wildman–Crippen LogP) is 3.84. The Bertz CT molecular complexity index is 211.